The van der Waals surface area contributed by atoms with Crippen LogP contribution >= 0.6 is 0 Å². The number of hydrogen-bond donors (Lipinski definition) is 4. The summed E-state index contributed by atoms with van der Waals surface area (Å²) < 4.78 is 0. The lowest BCUT2D eigenvalue weighted by molar-refractivity contribution is 0.0946. The van der Waals surface area contributed by atoms with Crippen molar-refractivity contribution in [2.75, 3.05) is 6.61 Å². The van der Waals surface area contributed by atoms with Crippen LogP contribution < -0.4 is 11.0 Å². The number of amides is 1. The average Bonchev–Trinajstić information content (AvgIpc) is 2.90. The first-order chi connectivity index (χ1) is 9.69. The topological polar surface area (TPSA) is 98.0 Å². The lowest BCUT2D eigenvalue weighted by Gasteiger charge is -2.03. The van der Waals surface area contributed by atoms with Crippen LogP contribution in [0.3, 0.4) is 0 Å². The average molecular weight is 271 g/mol. The van der Waals surface area contributed by atoms with E-state index in [9.17, 15) is 9.59 Å². The van der Waals surface area contributed by atoms with E-state index in [1.54, 1.807) is 0 Å². The highest BCUT2D eigenvalue weighted by molar-refractivity contribution is 5.91. The lowest BCUT2D eigenvalue weighted by atomic mass is 10.1. The van der Waals surface area contributed by atoms with Crippen molar-refractivity contribution in [2.45, 2.75) is 6.54 Å². The summed E-state index contributed by atoms with van der Waals surface area (Å²) in [6, 6.07) is 7.29. The Kier molecular flexibility index (Phi) is 4.37. The summed E-state index contributed by atoms with van der Waals surface area (Å²) >= 11 is 0. The molecule has 0 aliphatic carbocycles. The van der Waals surface area contributed by atoms with Crippen molar-refractivity contribution < 1.29 is 9.90 Å². The Hall–Kier alpha value is -2.78. The molecule has 0 spiro atoms. The first kappa shape index (κ1) is 13.6. The highest BCUT2D eigenvalue weighted by Gasteiger charge is 2.06. The Morgan fingerprint density at radius 2 is 2.05 bits per heavy atom. The molecule has 102 valence electrons. The monoisotopic (exact) mass is 271 g/mol. The number of rotatable bonds is 3. The quantitative estimate of drug-likeness (QED) is 0.590. The van der Waals surface area contributed by atoms with Gasteiger partial charge in [0.15, 0.2) is 0 Å². The number of carbonyl (C=O) groups is 1. The van der Waals surface area contributed by atoms with Crippen LogP contribution in [0.1, 0.15) is 21.6 Å². The van der Waals surface area contributed by atoms with E-state index in [1.807, 2.05) is 24.3 Å². The second kappa shape index (κ2) is 6.41. The molecule has 2 rings (SSSR count). The molecule has 1 heterocycles. The molecule has 6 nitrogen and oxygen atoms in total. The molecular weight excluding hydrogens is 258 g/mol. The van der Waals surface area contributed by atoms with Crippen molar-refractivity contribution in [2.24, 2.45) is 0 Å². The third kappa shape index (κ3) is 3.60. The van der Waals surface area contributed by atoms with E-state index in [4.69, 9.17) is 5.11 Å². The largest absolute Gasteiger partial charge is 0.384 e. The van der Waals surface area contributed by atoms with Gasteiger partial charge in [-0.15, -0.1) is 0 Å². The van der Waals surface area contributed by atoms with Gasteiger partial charge in [-0.05, 0) is 17.7 Å². The predicted octanol–water partition coefficient (Wildman–Crippen LogP) is -0.0232. The highest BCUT2D eigenvalue weighted by Crippen LogP contribution is 2.03. The fraction of sp³-hybridized carbons (Fsp3) is 0.143. The minimum atomic E-state index is -0.415. The van der Waals surface area contributed by atoms with Gasteiger partial charge in [-0.1, -0.05) is 24.0 Å². The van der Waals surface area contributed by atoms with Crippen LogP contribution in [0.2, 0.25) is 0 Å². The molecule has 1 aromatic heterocycles. The van der Waals surface area contributed by atoms with Gasteiger partial charge >= 0.3 is 5.69 Å². The number of carbonyl (C=O) groups excluding carboxylic acids is 1. The molecule has 0 saturated carbocycles. The minimum absolute atomic E-state index is 0.174. The molecule has 4 N–H and O–H groups in total. The van der Waals surface area contributed by atoms with Crippen LogP contribution in [0, 0.1) is 11.8 Å². The molecular formula is C14H13N3O3. The first-order valence-electron chi connectivity index (χ1n) is 5.93. The fourth-order valence-corrected chi connectivity index (χ4v) is 1.58. The number of hydrogen-bond acceptors (Lipinski definition) is 3. The summed E-state index contributed by atoms with van der Waals surface area (Å²) in [6.07, 6.45) is 1.32. The molecule has 0 aliphatic rings. The Bertz CT molecular complexity index is 702. The third-order valence-electron chi connectivity index (χ3n) is 2.56. The van der Waals surface area contributed by atoms with E-state index in [-0.39, 0.29) is 18.2 Å². The SMILES string of the molecule is O=C(NCc1ccc(C#CCO)cc1)c1c[nH]c(=O)[nH]1. The van der Waals surface area contributed by atoms with Gasteiger partial charge < -0.3 is 20.4 Å². The zero-order chi connectivity index (χ0) is 14.4. The highest BCUT2D eigenvalue weighted by atomic mass is 16.2. The zero-order valence-electron chi connectivity index (χ0n) is 10.6. The van der Waals surface area contributed by atoms with Crippen molar-refractivity contribution in [3.63, 3.8) is 0 Å². The van der Waals surface area contributed by atoms with Crippen LogP contribution in [0.25, 0.3) is 0 Å². The lowest BCUT2D eigenvalue weighted by Crippen LogP contribution is -2.23. The molecule has 0 bridgehead atoms. The van der Waals surface area contributed by atoms with E-state index in [2.05, 4.69) is 27.1 Å². The number of aromatic amines is 2. The van der Waals surface area contributed by atoms with Crippen molar-refractivity contribution in [3.05, 3.63) is 57.8 Å². The van der Waals surface area contributed by atoms with Gasteiger partial charge in [0, 0.05) is 18.3 Å². The number of nitrogens with one attached hydrogen (secondary N) is 3. The molecule has 0 saturated heterocycles. The fourth-order valence-electron chi connectivity index (χ4n) is 1.58. The molecule has 2 aromatic rings. The van der Waals surface area contributed by atoms with Crippen LogP contribution in [-0.2, 0) is 6.54 Å². The standard InChI is InChI=1S/C14H13N3O3/c18-7-1-2-10-3-5-11(6-4-10)8-15-13(19)12-9-16-14(20)17-12/h3-6,9,18H,7-8H2,(H,15,19)(H2,16,17,20). The molecule has 0 aliphatic heterocycles. The van der Waals surface area contributed by atoms with Gasteiger partial charge in [-0.3, -0.25) is 4.79 Å². The number of aliphatic hydroxyl groups is 1. The molecule has 1 aromatic carbocycles. The number of imidazole rings is 1. The molecule has 0 unspecified atom stereocenters. The Morgan fingerprint density at radius 1 is 1.30 bits per heavy atom. The smallest absolute Gasteiger partial charge is 0.323 e. The van der Waals surface area contributed by atoms with Crippen LogP contribution in [-0.4, -0.2) is 27.6 Å². The van der Waals surface area contributed by atoms with Gasteiger partial charge in [0.25, 0.3) is 5.91 Å². The molecule has 0 fully saturated rings. The maximum absolute atomic E-state index is 11.7. The van der Waals surface area contributed by atoms with Crippen LogP contribution in [0.15, 0.2) is 35.3 Å². The van der Waals surface area contributed by atoms with E-state index in [0.717, 1.165) is 11.1 Å². The molecule has 1 amide bonds. The Balaban J connectivity index is 1.94. The van der Waals surface area contributed by atoms with Gasteiger partial charge in [0.1, 0.15) is 12.3 Å². The minimum Gasteiger partial charge on any atom is -0.384 e. The summed E-state index contributed by atoms with van der Waals surface area (Å²) in [5.74, 6) is 4.99. The summed E-state index contributed by atoms with van der Waals surface area (Å²) in [5, 5.41) is 11.3. The third-order valence-corrected chi connectivity index (χ3v) is 2.56. The van der Waals surface area contributed by atoms with Crippen LogP contribution in [0.4, 0.5) is 0 Å². The number of aromatic nitrogens is 2. The second-order valence-corrected chi connectivity index (χ2v) is 4.00. The predicted molar refractivity (Wildman–Crippen MR) is 73.0 cm³/mol. The Labute approximate surface area is 114 Å². The van der Waals surface area contributed by atoms with Crippen molar-refractivity contribution in [1.82, 2.24) is 15.3 Å². The number of H-pyrrole nitrogens is 2. The molecule has 20 heavy (non-hydrogen) atoms. The van der Waals surface area contributed by atoms with E-state index < -0.39 is 5.69 Å². The van der Waals surface area contributed by atoms with E-state index in [1.165, 1.54) is 6.20 Å². The summed E-state index contributed by atoms with van der Waals surface area (Å²) in [4.78, 5) is 27.3. The summed E-state index contributed by atoms with van der Waals surface area (Å²) in [6.45, 7) is 0.173. The van der Waals surface area contributed by atoms with Gasteiger partial charge in [0.05, 0.1) is 0 Å². The van der Waals surface area contributed by atoms with Crippen molar-refractivity contribution in [1.29, 1.82) is 0 Å². The summed E-state index contributed by atoms with van der Waals surface area (Å²) in [7, 11) is 0. The second-order valence-electron chi connectivity index (χ2n) is 4.00. The Morgan fingerprint density at radius 3 is 2.65 bits per heavy atom. The molecule has 0 atom stereocenters. The first-order valence-corrected chi connectivity index (χ1v) is 5.93. The van der Waals surface area contributed by atoms with Gasteiger partial charge in [0.2, 0.25) is 0 Å². The maximum atomic E-state index is 11.7. The van der Waals surface area contributed by atoms with Crippen molar-refractivity contribution in [3.8, 4) is 11.8 Å². The maximum Gasteiger partial charge on any atom is 0.323 e. The van der Waals surface area contributed by atoms with E-state index >= 15 is 0 Å². The normalized spacial score (nSPS) is 9.65. The number of benzene rings is 1. The summed E-state index contributed by atoms with van der Waals surface area (Å²) in [5.41, 5.74) is 1.48. The van der Waals surface area contributed by atoms with Gasteiger partial charge in [-0.2, -0.15) is 0 Å². The van der Waals surface area contributed by atoms with Crippen LogP contribution in [0.5, 0.6) is 0 Å². The zero-order valence-corrected chi connectivity index (χ0v) is 10.6. The number of aliphatic hydroxyl groups excluding tert-OH is 1. The molecule has 6 heteroatoms. The van der Waals surface area contributed by atoms with E-state index in [0.29, 0.717) is 6.54 Å². The van der Waals surface area contributed by atoms with Crippen molar-refractivity contribution >= 4 is 5.91 Å². The molecule has 0 radical (unpaired) electrons. The van der Waals surface area contributed by atoms with Gasteiger partial charge in [-0.25, -0.2) is 4.79 Å².